The van der Waals surface area contributed by atoms with Gasteiger partial charge in [-0.2, -0.15) is 0 Å². The lowest BCUT2D eigenvalue weighted by Crippen LogP contribution is -2.50. The van der Waals surface area contributed by atoms with E-state index in [2.05, 4.69) is 17.6 Å². The molecule has 4 nitrogen and oxygen atoms in total. The first-order chi connectivity index (χ1) is 7.64. The third kappa shape index (κ3) is 3.19. The molecule has 1 saturated heterocycles. The van der Waals surface area contributed by atoms with Crippen molar-refractivity contribution in [3.05, 3.63) is 0 Å². The van der Waals surface area contributed by atoms with Gasteiger partial charge in [0, 0.05) is 13.2 Å². The highest BCUT2D eigenvalue weighted by Gasteiger charge is 2.37. The molecule has 94 valence electrons. The highest BCUT2D eigenvalue weighted by atomic mass is 16.5. The van der Waals surface area contributed by atoms with E-state index in [0.717, 1.165) is 32.4 Å². The average Bonchev–Trinajstić information content (AvgIpc) is 2.30. The number of rotatable bonds is 5. The Balaban J connectivity index is 2.54. The van der Waals surface area contributed by atoms with Gasteiger partial charge in [0.2, 0.25) is 5.91 Å². The second-order valence-electron chi connectivity index (χ2n) is 4.71. The largest absolute Gasteiger partial charge is 0.383 e. The lowest BCUT2D eigenvalue weighted by atomic mass is 9.75. The normalized spacial score (nSPS) is 21.4. The fourth-order valence-corrected chi connectivity index (χ4v) is 2.32. The van der Waals surface area contributed by atoms with E-state index in [1.54, 1.807) is 7.11 Å². The number of ether oxygens (including phenoxy) is 1. The summed E-state index contributed by atoms with van der Waals surface area (Å²) in [5.74, 6) is 0.195. The summed E-state index contributed by atoms with van der Waals surface area (Å²) in [5.41, 5.74) is -0.159. The zero-order chi connectivity index (χ0) is 12.0. The molecular weight excluding hydrogens is 204 g/mol. The van der Waals surface area contributed by atoms with E-state index in [0.29, 0.717) is 6.61 Å². The van der Waals surface area contributed by atoms with Crippen molar-refractivity contribution in [1.29, 1.82) is 0 Å². The zero-order valence-corrected chi connectivity index (χ0v) is 10.6. The molecular formula is C12H24N2O2. The van der Waals surface area contributed by atoms with Gasteiger partial charge < -0.3 is 15.4 Å². The summed E-state index contributed by atoms with van der Waals surface area (Å²) in [5, 5.41) is 6.35. The van der Waals surface area contributed by atoms with Gasteiger partial charge in [-0.1, -0.05) is 6.92 Å². The molecule has 1 atom stereocenters. The van der Waals surface area contributed by atoms with Crippen LogP contribution in [0.5, 0.6) is 0 Å². The highest BCUT2D eigenvalue weighted by Crippen LogP contribution is 2.32. The van der Waals surface area contributed by atoms with Crippen molar-refractivity contribution in [3.8, 4) is 0 Å². The lowest BCUT2D eigenvalue weighted by molar-refractivity contribution is -0.133. The van der Waals surface area contributed by atoms with Gasteiger partial charge in [-0.05, 0) is 39.3 Å². The number of carbonyl (C=O) groups excluding carboxylic acids is 1. The van der Waals surface area contributed by atoms with Crippen molar-refractivity contribution in [3.63, 3.8) is 0 Å². The number of amides is 1. The SMILES string of the molecule is CCC1(C(=O)NC(C)COC)CCNCC1. The van der Waals surface area contributed by atoms with Gasteiger partial charge in [-0.15, -0.1) is 0 Å². The number of hydrogen-bond donors (Lipinski definition) is 2. The van der Waals surface area contributed by atoms with Gasteiger partial charge in [0.05, 0.1) is 12.0 Å². The van der Waals surface area contributed by atoms with Crippen molar-refractivity contribution >= 4 is 5.91 Å². The van der Waals surface area contributed by atoms with Crippen LogP contribution in [0, 0.1) is 5.41 Å². The third-order valence-corrected chi connectivity index (χ3v) is 3.51. The van der Waals surface area contributed by atoms with E-state index >= 15 is 0 Å². The molecule has 1 aliphatic rings. The first-order valence-corrected chi connectivity index (χ1v) is 6.15. The van der Waals surface area contributed by atoms with Crippen LogP contribution in [0.4, 0.5) is 0 Å². The summed E-state index contributed by atoms with van der Waals surface area (Å²) in [4.78, 5) is 12.2. The summed E-state index contributed by atoms with van der Waals surface area (Å²) in [6, 6.07) is 0.0933. The highest BCUT2D eigenvalue weighted by molar-refractivity contribution is 5.83. The Morgan fingerprint density at radius 2 is 2.12 bits per heavy atom. The van der Waals surface area contributed by atoms with Crippen molar-refractivity contribution in [2.24, 2.45) is 5.41 Å². The van der Waals surface area contributed by atoms with Crippen LogP contribution in [0.15, 0.2) is 0 Å². The Labute approximate surface area is 98.1 Å². The maximum Gasteiger partial charge on any atom is 0.226 e. The van der Waals surface area contributed by atoms with Crippen LogP contribution in [0.2, 0.25) is 0 Å². The molecule has 0 aromatic carbocycles. The molecule has 0 bridgehead atoms. The van der Waals surface area contributed by atoms with E-state index in [9.17, 15) is 4.79 Å². The van der Waals surface area contributed by atoms with Crippen LogP contribution < -0.4 is 10.6 Å². The minimum Gasteiger partial charge on any atom is -0.383 e. The predicted molar refractivity (Wildman–Crippen MR) is 64.3 cm³/mol. The van der Waals surface area contributed by atoms with E-state index in [1.807, 2.05) is 6.92 Å². The number of carbonyl (C=O) groups is 1. The van der Waals surface area contributed by atoms with Gasteiger partial charge >= 0.3 is 0 Å². The molecule has 1 amide bonds. The summed E-state index contributed by atoms with van der Waals surface area (Å²) >= 11 is 0. The van der Waals surface area contributed by atoms with E-state index < -0.39 is 0 Å². The van der Waals surface area contributed by atoms with Crippen molar-refractivity contribution < 1.29 is 9.53 Å². The van der Waals surface area contributed by atoms with Crippen LogP contribution in [-0.4, -0.2) is 38.8 Å². The van der Waals surface area contributed by atoms with Crippen LogP contribution in [-0.2, 0) is 9.53 Å². The Morgan fingerprint density at radius 1 is 1.50 bits per heavy atom. The van der Waals surface area contributed by atoms with Gasteiger partial charge in [0.1, 0.15) is 0 Å². The standard InChI is InChI=1S/C12H24N2O2/c1-4-12(5-7-13-8-6-12)11(15)14-10(2)9-16-3/h10,13H,4-9H2,1-3H3,(H,14,15). The topological polar surface area (TPSA) is 50.4 Å². The van der Waals surface area contributed by atoms with E-state index in [-0.39, 0.29) is 17.4 Å². The molecule has 1 aliphatic heterocycles. The minimum absolute atomic E-state index is 0.0933. The lowest BCUT2D eigenvalue weighted by Gasteiger charge is -2.36. The second-order valence-corrected chi connectivity index (χ2v) is 4.71. The fourth-order valence-electron chi connectivity index (χ4n) is 2.32. The summed E-state index contributed by atoms with van der Waals surface area (Å²) in [7, 11) is 1.66. The van der Waals surface area contributed by atoms with Crippen LogP contribution >= 0.6 is 0 Å². The molecule has 0 aromatic rings. The molecule has 0 radical (unpaired) electrons. The molecule has 1 unspecified atom stereocenters. The predicted octanol–water partition coefficient (Wildman–Crippen LogP) is 0.917. The molecule has 0 saturated carbocycles. The minimum atomic E-state index is -0.159. The van der Waals surface area contributed by atoms with Crippen LogP contribution in [0.1, 0.15) is 33.1 Å². The van der Waals surface area contributed by atoms with Gasteiger partial charge in [-0.3, -0.25) is 4.79 Å². The molecule has 1 fully saturated rings. The Kier molecular flexibility index (Phi) is 5.22. The third-order valence-electron chi connectivity index (χ3n) is 3.51. The van der Waals surface area contributed by atoms with E-state index in [4.69, 9.17) is 4.74 Å². The van der Waals surface area contributed by atoms with Crippen LogP contribution in [0.3, 0.4) is 0 Å². The molecule has 0 spiro atoms. The monoisotopic (exact) mass is 228 g/mol. The van der Waals surface area contributed by atoms with Gasteiger partial charge in [0.15, 0.2) is 0 Å². The molecule has 16 heavy (non-hydrogen) atoms. The molecule has 2 N–H and O–H groups in total. The van der Waals surface area contributed by atoms with Crippen LogP contribution in [0.25, 0.3) is 0 Å². The number of piperidine rings is 1. The Bertz CT molecular complexity index is 225. The second kappa shape index (κ2) is 6.21. The van der Waals surface area contributed by atoms with E-state index in [1.165, 1.54) is 0 Å². The average molecular weight is 228 g/mol. The number of nitrogens with one attached hydrogen (secondary N) is 2. The summed E-state index contributed by atoms with van der Waals surface area (Å²) in [6.45, 7) is 6.54. The molecule has 4 heteroatoms. The van der Waals surface area contributed by atoms with Crippen molar-refractivity contribution in [1.82, 2.24) is 10.6 Å². The Morgan fingerprint density at radius 3 is 2.62 bits per heavy atom. The first kappa shape index (κ1) is 13.5. The van der Waals surface area contributed by atoms with Crippen molar-refractivity contribution in [2.75, 3.05) is 26.8 Å². The number of hydrogen-bond acceptors (Lipinski definition) is 3. The maximum atomic E-state index is 12.2. The summed E-state index contributed by atoms with van der Waals surface area (Å²) < 4.78 is 5.03. The first-order valence-electron chi connectivity index (χ1n) is 6.15. The summed E-state index contributed by atoms with van der Waals surface area (Å²) in [6.07, 6.45) is 2.80. The Hall–Kier alpha value is -0.610. The fraction of sp³-hybridized carbons (Fsp3) is 0.917. The molecule has 1 heterocycles. The molecule has 0 aliphatic carbocycles. The molecule has 1 rings (SSSR count). The zero-order valence-electron chi connectivity index (χ0n) is 10.6. The smallest absolute Gasteiger partial charge is 0.226 e. The quantitative estimate of drug-likeness (QED) is 0.735. The maximum absolute atomic E-state index is 12.2. The number of methoxy groups -OCH3 is 1. The van der Waals surface area contributed by atoms with Crippen molar-refractivity contribution in [2.45, 2.75) is 39.2 Å². The molecule has 0 aromatic heterocycles. The van der Waals surface area contributed by atoms with Gasteiger partial charge in [0.25, 0.3) is 0 Å². The van der Waals surface area contributed by atoms with Gasteiger partial charge in [-0.25, -0.2) is 0 Å².